The van der Waals surface area contributed by atoms with Crippen molar-refractivity contribution in [3.8, 4) is 0 Å². The molecule has 166 valence electrons. The van der Waals surface area contributed by atoms with E-state index in [2.05, 4.69) is 32.2 Å². The molecule has 1 N–H and O–H groups in total. The quantitative estimate of drug-likeness (QED) is 0.665. The first kappa shape index (κ1) is 22.8. The minimum absolute atomic E-state index is 0.148. The maximum Gasteiger partial charge on any atom is 0.401 e. The summed E-state index contributed by atoms with van der Waals surface area (Å²) in [5, 5.41) is 4.43. The number of nitrogens with zero attached hydrogens (tertiary/aromatic N) is 1. The molecule has 0 aliphatic carbocycles. The van der Waals surface area contributed by atoms with E-state index in [1.165, 1.54) is 16.5 Å². The Kier molecular flexibility index (Phi) is 6.92. The van der Waals surface area contributed by atoms with Gasteiger partial charge >= 0.3 is 11.8 Å². The van der Waals surface area contributed by atoms with Gasteiger partial charge in [0.2, 0.25) is 0 Å². The standard InChI is InChI=1S/C23H31F3N2O2/c1-14(2)19-11-20-18(10-22(29)30-21(20)9-15(19)3)12-27-16(4)17-5-7-28(8-6-17)13-23(24,25)26/h9-11,14,16-17,27H,5-8,12-13H2,1-4H3. The van der Waals surface area contributed by atoms with Crippen molar-refractivity contribution in [2.45, 2.75) is 65.2 Å². The molecule has 1 atom stereocenters. The number of piperidine rings is 1. The second-order valence-electron chi connectivity index (χ2n) is 8.85. The molecule has 7 heteroatoms. The molecule has 1 fully saturated rings. The molecule has 1 aromatic carbocycles. The zero-order chi connectivity index (χ0) is 22.1. The van der Waals surface area contributed by atoms with E-state index in [1.54, 1.807) is 0 Å². The molecule has 4 nitrogen and oxygen atoms in total. The highest BCUT2D eigenvalue weighted by atomic mass is 19.4. The van der Waals surface area contributed by atoms with E-state index in [9.17, 15) is 18.0 Å². The van der Waals surface area contributed by atoms with Crippen molar-refractivity contribution in [1.82, 2.24) is 10.2 Å². The minimum Gasteiger partial charge on any atom is -0.423 e. The number of rotatable bonds is 6. The van der Waals surface area contributed by atoms with Crippen molar-refractivity contribution in [1.29, 1.82) is 0 Å². The first-order valence-corrected chi connectivity index (χ1v) is 10.6. The van der Waals surface area contributed by atoms with Gasteiger partial charge in [0.1, 0.15) is 5.58 Å². The van der Waals surface area contributed by atoms with Gasteiger partial charge in [-0.15, -0.1) is 0 Å². The van der Waals surface area contributed by atoms with Gasteiger partial charge in [-0.1, -0.05) is 13.8 Å². The van der Waals surface area contributed by atoms with Crippen molar-refractivity contribution in [2.75, 3.05) is 19.6 Å². The fourth-order valence-corrected chi connectivity index (χ4v) is 4.46. The monoisotopic (exact) mass is 424 g/mol. The summed E-state index contributed by atoms with van der Waals surface area (Å²) >= 11 is 0. The van der Waals surface area contributed by atoms with Crippen LogP contribution in [0.5, 0.6) is 0 Å². The van der Waals surface area contributed by atoms with Crippen LogP contribution in [0, 0.1) is 12.8 Å². The number of aryl methyl sites for hydroxylation is 1. The van der Waals surface area contributed by atoms with Crippen LogP contribution in [0.25, 0.3) is 11.0 Å². The van der Waals surface area contributed by atoms with Gasteiger partial charge in [-0.25, -0.2) is 4.79 Å². The van der Waals surface area contributed by atoms with Gasteiger partial charge < -0.3 is 9.73 Å². The smallest absolute Gasteiger partial charge is 0.401 e. The molecule has 1 unspecified atom stereocenters. The third-order valence-electron chi connectivity index (χ3n) is 6.20. The molecule has 0 radical (unpaired) electrons. The Morgan fingerprint density at radius 3 is 2.43 bits per heavy atom. The Morgan fingerprint density at radius 2 is 1.83 bits per heavy atom. The highest BCUT2D eigenvalue weighted by Gasteiger charge is 2.33. The van der Waals surface area contributed by atoms with Gasteiger partial charge in [-0.3, -0.25) is 4.90 Å². The summed E-state index contributed by atoms with van der Waals surface area (Å²) < 4.78 is 43.2. The predicted molar refractivity (Wildman–Crippen MR) is 113 cm³/mol. The van der Waals surface area contributed by atoms with Gasteiger partial charge in [-0.2, -0.15) is 13.2 Å². The highest BCUT2D eigenvalue weighted by Crippen LogP contribution is 2.28. The second kappa shape index (κ2) is 9.10. The van der Waals surface area contributed by atoms with Crippen LogP contribution in [0.3, 0.4) is 0 Å². The van der Waals surface area contributed by atoms with Crippen molar-refractivity contribution in [3.05, 3.63) is 45.3 Å². The van der Waals surface area contributed by atoms with Crippen LogP contribution in [0.1, 0.15) is 56.2 Å². The molecule has 0 amide bonds. The van der Waals surface area contributed by atoms with Crippen molar-refractivity contribution < 1.29 is 17.6 Å². The van der Waals surface area contributed by atoms with Gasteiger partial charge in [0, 0.05) is 24.0 Å². The lowest BCUT2D eigenvalue weighted by Gasteiger charge is -2.35. The van der Waals surface area contributed by atoms with E-state index >= 15 is 0 Å². The molecule has 1 aliphatic rings. The lowest BCUT2D eigenvalue weighted by atomic mass is 9.90. The number of hydrogen-bond donors (Lipinski definition) is 1. The van der Waals surface area contributed by atoms with Crippen molar-refractivity contribution in [3.63, 3.8) is 0 Å². The number of hydrogen-bond acceptors (Lipinski definition) is 4. The molecule has 1 aromatic heterocycles. The molecule has 0 bridgehead atoms. The van der Waals surface area contributed by atoms with E-state index < -0.39 is 12.7 Å². The Labute approximate surface area is 175 Å². The Balaban J connectivity index is 1.68. The molecule has 30 heavy (non-hydrogen) atoms. The van der Waals surface area contributed by atoms with Crippen LogP contribution in [0.15, 0.2) is 27.4 Å². The summed E-state index contributed by atoms with van der Waals surface area (Å²) in [5.41, 5.74) is 3.44. The van der Waals surface area contributed by atoms with E-state index in [0.717, 1.165) is 29.4 Å². The van der Waals surface area contributed by atoms with Crippen LogP contribution >= 0.6 is 0 Å². The lowest BCUT2D eigenvalue weighted by Crippen LogP contribution is -2.44. The molecule has 0 spiro atoms. The molecular weight excluding hydrogens is 393 g/mol. The molecule has 2 aromatic rings. The average Bonchev–Trinajstić information content (AvgIpc) is 2.64. The van der Waals surface area contributed by atoms with E-state index in [0.29, 0.717) is 37.1 Å². The maximum atomic E-state index is 12.6. The number of nitrogens with one attached hydrogen (secondary N) is 1. The van der Waals surface area contributed by atoms with Crippen LogP contribution in [-0.4, -0.2) is 36.8 Å². The van der Waals surface area contributed by atoms with Crippen LogP contribution < -0.4 is 10.9 Å². The van der Waals surface area contributed by atoms with Crippen molar-refractivity contribution in [2.24, 2.45) is 5.92 Å². The maximum absolute atomic E-state index is 12.6. The Hall–Kier alpha value is -1.86. The molecule has 1 saturated heterocycles. The molecular formula is C23H31F3N2O2. The summed E-state index contributed by atoms with van der Waals surface area (Å²) in [7, 11) is 0. The summed E-state index contributed by atoms with van der Waals surface area (Å²) in [6, 6.07) is 5.72. The Bertz CT molecular complexity index is 928. The minimum atomic E-state index is -4.14. The topological polar surface area (TPSA) is 45.5 Å². The van der Waals surface area contributed by atoms with Gasteiger partial charge in [0.25, 0.3) is 0 Å². The van der Waals surface area contributed by atoms with E-state index in [4.69, 9.17) is 4.42 Å². The summed E-state index contributed by atoms with van der Waals surface area (Å²) in [6.07, 6.45) is -2.67. The summed E-state index contributed by atoms with van der Waals surface area (Å²) in [4.78, 5) is 13.5. The van der Waals surface area contributed by atoms with Gasteiger partial charge in [0.05, 0.1) is 6.54 Å². The number of alkyl halides is 3. The third kappa shape index (κ3) is 5.64. The first-order chi connectivity index (χ1) is 14.0. The Morgan fingerprint density at radius 1 is 1.17 bits per heavy atom. The number of fused-ring (bicyclic) bond motifs is 1. The fraction of sp³-hybridized carbons (Fsp3) is 0.609. The number of halogens is 3. The second-order valence-corrected chi connectivity index (χ2v) is 8.85. The zero-order valence-electron chi connectivity index (χ0n) is 18.1. The van der Waals surface area contributed by atoms with Gasteiger partial charge in [-0.05, 0) is 80.4 Å². The van der Waals surface area contributed by atoms with Crippen molar-refractivity contribution >= 4 is 11.0 Å². The molecule has 3 rings (SSSR count). The van der Waals surface area contributed by atoms with Gasteiger partial charge in [0.15, 0.2) is 0 Å². The van der Waals surface area contributed by atoms with E-state index in [1.807, 2.05) is 13.0 Å². The number of likely N-dealkylation sites (tertiary alicyclic amines) is 1. The SMILES string of the molecule is Cc1cc2oc(=O)cc(CNC(C)C3CCN(CC(F)(F)F)CC3)c2cc1C(C)C. The molecule has 0 saturated carbocycles. The highest BCUT2D eigenvalue weighted by molar-refractivity contribution is 5.82. The molecule has 1 aliphatic heterocycles. The molecule has 2 heterocycles. The number of benzene rings is 1. The predicted octanol–water partition coefficient (Wildman–Crippen LogP) is 4.98. The summed E-state index contributed by atoms with van der Waals surface area (Å²) in [6.45, 7) is 8.98. The normalized spacial score (nSPS) is 17.7. The van der Waals surface area contributed by atoms with Crippen LogP contribution in [0.2, 0.25) is 0 Å². The summed E-state index contributed by atoms with van der Waals surface area (Å²) in [5.74, 6) is 0.678. The largest absolute Gasteiger partial charge is 0.423 e. The third-order valence-corrected chi connectivity index (χ3v) is 6.20. The fourth-order valence-electron chi connectivity index (χ4n) is 4.46. The average molecular weight is 425 g/mol. The zero-order valence-corrected chi connectivity index (χ0v) is 18.1. The first-order valence-electron chi connectivity index (χ1n) is 10.6. The van der Waals surface area contributed by atoms with E-state index in [-0.39, 0.29) is 11.7 Å². The van der Waals surface area contributed by atoms with Crippen LogP contribution in [-0.2, 0) is 6.54 Å². The van der Waals surface area contributed by atoms with Crippen LogP contribution in [0.4, 0.5) is 13.2 Å². The lowest BCUT2D eigenvalue weighted by molar-refractivity contribution is -0.148.